The van der Waals surface area contributed by atoms with Gasteiger partial charge in [-0.25, -0.2) is 14.8 Å². The van der Waals surface area contributed by atoms with Gasteiger partial charge in [0.15, 0.2) is 0 Å². The van der Waals surface area contributed by atoms with E-state index in [-0.39, 0.29) is 18.1 Å². The van der Waals surface area contributed by atoms with E-state index < -0.39 is 0 Å². The zero-order valence-corrected chi connectivity index (χ0v) is 16.6. The van der Waals surface area contributed by atoms with Crippen molar-refractivity contribution in [2.75, 3.05) is 10.6 Å². The second-order valence-corrected chi connectivity index (χ2v) is 7.55. The number of pyridine rings is 1. The molecule has 1 aromatic carbocycles. The summed E-state index contributed by atoms with van der Waals surface area (Å²) >= 11 is 0. The summed E-state index contributed by atoms with van der Waals surface area (Å²) in [4.78, 5) is 25.2. The van der Waals surface area contributed by atoms with Crippen LogP contribution in [-0.2, 0) is 0 Å². The highest BCUT2D eigenvalue weighted by Crippen LogP contribution is 2.23. The minimum absolute atomic E-state index is 0.113. The number of carbonyl (C=O) groups excluding carboxylic acids is 1. The average molecular weight is 390 g/mol. The number of rotatable bonds is 5. The Kier molecular flexibility index (Phi) is 5.84. The molecule has 1 aliphatic carbocycles. The van der Waals surface area contributed by atoms with Gasteiger partial charge in [0.05, 0.1) is 11.6 Å². The fraction of sp³-hybridized carbons (Fsp3) is 0.364. The molecule has 3 aromatic rings. The number of anilines is 2. The Labute approximate surface area is 170 Å². The van der Waals surface area contributed by atoms with Crippen molar-refractivity contribution < 1.29 is 4.79 Å². The monoisotopic (exact) mass is 390 g/mol. The molecule has 7 nitrogen and oxygen atoms in total. The molecule has 0 aliphatic heterocycles. The number of amides is 2. The zero-order chi connectivity index (χ0) is 20.1. The molecule has 1 atom stereocenters. The van der Waals surface area contributed by atoms with Crippen LogP contribution in [0.25, 0.3) is 10.9 Å². The Bertz CT molecular complexity index is 971. The third-order valence-corrected chi connectivity index (χ3v) is 5.32. The van der Waals surface area contributed by atoms with Gasteiger partial charge in [-0.15, -0.1) is 0 Å². The van der Waals surface area contributed by atoms with E-state index in [4.69, 9.17) is 0 Å². The molecule has 4 rings (SSSR count). The third-order valence-electron chi connectivity index (χ3n) is 5.32. The maximum Gasteiger partial charge on any atom is 0.321 e. The van der Waals surface area contributed by atoms with Crippen molar-refractivity contribution in [3.8, 4) is 0 Å². The van der Waals surface area contributed by atoms with E-state index >= 15 is 0 Å². The number of aromatic nitrogens is 3. The van der Waals surface area contributed by atoms with Crippen LogP contribution in [0.3, 0.4) is 0 Å². The maximum atomic E-state index is 12.3. The first-order valence-corrected chi connectivity index (χ1v) is 10.2. The second kappa shape index (κ2) is 8.86. The summed E-state index contributed by atoms with van der Waals surface area (Å²) in [6.45, 7) is 2.09. The van der Waals surface area contributed by atoms with Crippen LogP contribution in [0.2, 0.25) is 0 Å². The summed E-state index contributed by atoms with van der Waals surface area (Å²) in [6, 6.07) is 10.0. The van der Waals surface area contributed by atoms with E-state index in [9.17, 15) is 4.79 Å². The van der Waals surface area contributed by atoms with Gasteiger partial charge in [-0.05, 0) is 49.6 Å². The Morgan fingerprint density at radius 3 is 2.79 bits per heavy atom. The summed E-state index contributed by atoms with van der Waals surface area (Å²) in [5, 5.41) is 10.2. The van der Waals surface area contributed by atoms with E-state index in [1.165, 1.54) is 19.3 Å². The molecule has 150 valence electrons. The van der Waals surface area contributed by atoms with Crippen molar-refractivity contribution in [3.63, 3.8) is 0 Å². The van der Waals surface area contributed by atoms with E-state index in [1.807, 2.05) is 36.5 Å². The highest BCUT2D eigenvalue weighted by molar-refractivity contribution is 5.89. The Balaban J connectivity index is 1.44. The molecule has 0 bridgehead atoms. The van der Waals surface area contributed by atoms with Gasteiger partial charge in [-0.1, -0.05) is 25.3 Å². The lowest BCUT2D eigenvalue weighted by molar-refractivity contribution is 0.244. The normalized spacial score (nSPS) is 15.6. The van der Waals surface area contributed by atoms with Crippen molar-refractivity contribution in [2.45, 2.75) is 51.1 Å². The molecule has 2 heterocycles. The number of carbonyl (C=O) groups is 1. The Morgan fingerprint density at radius 1 is 1.14 bits per heavy atom. The molecular formula is C22H26N6O. The van der Waals surface area contributed by atoms with Crippen molar-refractivity contribution in [1.82, 2.24) is 20.3 Å². The Hall–Kier alpha value is -3.22. The molecule has 0 saturated heterocycles. The molecule has 2 aromatic heterocycles. The van der Waals surface area contributed by atoms with Gasteiger partial charge < -0.3 is 10.6 Å². The lowest BCUT2D eigenvalue weighted by Crippen LogP contribution is -2.39. The SMILES string of the molecule is CC(Nc1ccc2cnc(NC(=O)NC3CCCCC3)nc2c1)c1cccnc1. The molecule has 0 spiro atoms. The fourth-order valence-electron chi connectivity index (χ4n) is 3.71. The predicted molar refractivity (Wildman–Crippen MR) is 115 cm³/mol. The van der Waals surface area contributed by atoms with Crippen LogP contribution < -0.4 is 16.0 Å². The van der Waals surface area contributed by atoms with Crippen LogP contribution >= 0.6 is 0 Å². The summed E-state index contributed by atoms with van der Waals surface area (Å²) in [5.41, 5.74) is 2.83. The van der Waals surface area contributed by atoms with Crippen LogP contribution in [0.4, 0.5) is 16.4 Å². The van der Waals surface area contributed by atoms with E-state index in [0.717, 1.165) is 35.0 Å². The molecule has 1 fully saturated rings. The first-order valence-electron chi connectivity index (χ1n) is 10.2. The van der Waals surface area contributed by atoms with E-state index in [1.54, 1.807) is 12.4 Å². The van der Waals surface area contributed by atoms with Crippen LogP contribution in [0, 0.1) is 0 Å². The summed E-state index contributed by atoms with van der Waals surface area (Å²) in [5.74, 6) is 0.309. The average Bonchev–Trinajstić information content (AvgIpc) is 2.75. The van der Waals surface area contributed by atoms with Gasteiger partial charge in [0, 0.05) is 35.7 Å². The van der Waals surface area contributed by atoms with Gasteiger partial charge >= 0.3 is 6.03 Å². The molecule has 1 unspecified atom stereocenters. The maximum absolute atomic E-state index is 12.3. The first-order chi connectivity index (χ1) is 14.2. The van der Waals surface area contributed by atoms with E-state index in [0.29, 0.717) is 5.95 Å². The number of urea groups is 1. The fourth-order valence-corrected chi connectivity index (χ4v) is 3.71. The molecule has 1 saturated carbocycles. The predicted octanol–water partition coefficient (Wildman–Crippen LogP) is 4.65. The lowest BCUT2D eigenvalue weighted by Gasteiger charge is -2.22. The summed E-state index contributed by atoms with van der Waals surface area (Å²) in [7, 11) is 0. The molecule has 0 radical (unpaired) electrons. The molecule has 29 heavy (non-hydrogen) atoms. The lowest BCUT2D eigenvalue weighted by atomic mass is 9.96. The van der Waals surface area contributed by atoms with Crippen LogP contribution in [0.15, 0.2) is 48.9 Å². The smallest absolute Gasteiger partial charge is 0.321 e. The van der Waals surface area contributed by atoms with Crippen LogP contribution in [0.1, 0.15) is 50.6 Å². The number of benzene rings is 1. The van der Waals surface area contributed by atoms with Crippen LogP contribution in [-0.4, -0.2) is 27.0 Å². The molecule has 2 amide bonds. The molecular weight excluding hydrogens is 364 g/mol. The van der Waals surface area contributed by atoms with Crippen LogP contribution in [0.5, 0.6) is 0 Å². The van der Waals surface area contributed by atoms with Crippen molar-refractivity contribution in [1.29, 1.82) is 0 Å². The standard InChI is InChI=1S/C22H26N6O/c1-15(16-6-5-11-23-13-16)25-19-10-9-17-14-24-21(27-20(17)12-19)28-22(29)26-18-7-3-2-4-8-18/h5-6,9-15,18,25H,2-4,7-8H2,1H3,(H2,24,26,27,28,29). The van der Waals surface area contributed by atoms with Gasteiger partial charge in [-0.3, -0.25) is 10.3 Å². The summed E-state index contributed by atoms with van der Waals surface area (Å²) < 4.78 is 0. The van der Waals surface area contributed by atoms with Crippen molar-refractivity contribution >= 4 is 28.6 Å². The minimum atomic E-state index is -0.240. The topological polar surface area (TPSA) is 91.8 Å². The van der Waals surface area contributed by atoms with Gasteiger partial charge in [0.2, 0.25) is 5.95 Å². The molecule has 7 heteroatoms. The largest absolute Gasteiger partial charge is 0.378 e. The zero-order valence-electron chi connectivity index (χ0n) is 16.6. The number of fused-ring (bicyclic) bond motifs is 1. The summed E-state index contributed by atoms with van der Waals surface area (Å²) in [6.07, 6.45) is 11.0. The molecule has 1 aliphatic rings. The van der Waals surface area contributed by atoms with E-state index in [2.05, 4.69) is 37.8 Å². The number of nitrogens with one attached hydrogen (secondary N) is 3. The van der Waals surface area contributed by atoms with Crippen molar-refractivity contribution in [2.24, 2.45) is 0 Å². The van der Waals surface area contributed by atoms with Crippen molar-refractivity contribution in [3.05, 3.63) is 54.5 Å². The minimum Gasteiger partial charge on any atom is -0.378 e. The van der Waals surface area contributed by atoms with Gasteiger partial charge in [-0.2, -0.15) is 0 Å². The molecule has 3 N–H and O–H groups in total. The van der Waals surface area contributed by atoms with Gasteiger partial charge in [0.25, 0.3) is 0 Å². The quantitative estimate of drug-likeness (QED) is 0.590. The number of nitrogens with zero attached hydrogens (tertiary/aromatic N) is 3. The number of hydrogen-bond acceptors (Lipinski definition) is 5. The third kappa shape index (κ3) is 4.99. The highest BCUT2D eigenvalue weighted by Gasteiger charge is 2.16. The highest BCUT2D eigenvalue weighted by atomic mass is 16.2. The second-order valence-electron chi connectivity index (χ2n) is 7.55. The number of hydrogen-bond donors (Lipinski definition) is 3. The van der Waals surface area contributed by atoms with Gasteiger partial charge in [0.1, 0.15) is 0 Å². The Morgan fingerprint density at radius 2 is 2.00 bits per heavy atom. The first kappa shape index (κ1) is 19.1.